The molecule has 0 saturated heterocycles. The van der Waals surface area contributed by atoms with Gasteiger partial charge in [-0.15, -0.1) is 11.3 Å². The third-order valence-corrected chi connectivity index (χ3v) is 8.99. The number of carboxylic acids is 1. The average Bonchev–Trinajstić information content (AvgIpc) is 3.33. The van der Waals surface area contributed by atoms with E-state index in [4.69, 9.17) is 14.9 Å². The van der Waals surface area contributed by atoms with E-state index >= 15 is 0 Å². The second kappa shape index (κ2) is 12.5. The molecule has 0 atom stereocenters. The Morgan fingerprint density at radius 3 is 2.16 bits per heavy atom. The van der Waals surface area contributed by atoms with E-state index in [2.05, 4.69) is 48.7 Å². The lowest BCUT2D eigenvalue weighted by Gasteiger charge is -2.13. The highest BCUT2D eigenvalue weighted by atomic mass is 32.2. The summed E-state index contributed by atoms with van der Waals surface area (Å²) in [6.45, 7) is 8.25. The fraction of sp³-hybridized carbons (Fsp3) is 0.194. The summed E-state index contributed by atoms with van der Waals surface area (Å²) in [5, 5.41) is 7.96. The second-order valence-electron chi connectivity index (χ2n) is 10.0. The van der Waals surface area contributed by atoms with Gasteiger partial charge in [0.25, 0.3) is 10.0 Å². The van der Waals surface area contributed by atoms with E-state index in [9.17, 15) is 21.6 Å². The quantitative estimate of drug-likeness (QED) is 0.196. The predicted octanol–water partition coefficient (Wildman–Crippen LogP) is 8.20. The molecular weight excluding hydrogens is 599 g/mol. The van der Waals surface area contributed by atoms with Gasteiger partial charge in [-0.25, -0.2) is 18.2 Å². The van der Waals surface area contributed by atoms with Crippen LogP contribution in [0.1, 0.15) is 35.9 Å². The zero-order chi connectivity index (χ0) is 31.5. The molecule has 2 aromatic carbocycles. The lowest BCUT2D eigenvalue weighted by Crippen LogP contribution is -2.21. The van der Waals surface area contributed by atoms with Gasteiger partial charge in [0.1, 0.15) is 9.73 Å². The summed E-state index contributed by atoms with van der Waals surface area (Å²) >= 11 is 1.62. The minimum atomic E-state index is -5.08. The Labute approximate surface area is 251 Å². The molecule has 5 aromatic rings. The Morgan fingerprint density at radius 2 is 1.60 bits per heavy atom. The van der Waals surface area contributed by atoms with Crippen molar-refractivity contribution in [2.75, 3.05) is 4.72 Å². The van der Waals surface area contributed by atoms with Gasteiger partial charge in [0.2, 0.25) is 0 Å². The van der Waals surface area contributed by atoms with Crippen LogP contribution in [0.5, 0.6) is 0 Å². The number of rotatable bonds is 6. The van der Waals surface area contributed by atoms with Gasteiger partial charge in [0, 0.05) is 33.3 Å². The molecular formula is C31H28F3N3O4S2. The molecule has 12 heteroatoms. The minimum absolute atomic E-state index is 0.112. The van der Waals surface area contributed by atoms with Crippen molar-refractivity contribution in [3.05, 3.63) is 95.1 Å². The standard InChI is InChI=1S/C29H27N3O2S2.C2HF3O2/c1-18(2)28-26(22-12-8-9-19(3)15-22)27-25(16-20(4)31-29(27)35-28)32-36(33,34)23-13-14-24(30-17-23)21-10-6-5-7-11-21;3-2(4,5)1(6)7/h5-18H,1-4H3,(H,31,32);(H,6,7). The van der Waals surface area contributed by atoms with Crippen molar-refractivity contribution in [3.8, 4) is 22.4 Å². The summed E-state index contributed by atoms with van der Waals surface area (Å²) in [7, 11) is -3.87. The topological polar surface area (TPSA) is 109 Å². The van der Waals surface area contributed by atoms with Crippen LogP contribution in [0.4, 0.5) is 18.9 Å². The summed E-state index contributed by atoms with van der Waals surface area (Å²) in [5.74, 6) is -2.49. The number of nitrogens with zero attached hydrogens (tertiary/aromatic N) is 2. The molecule has 0 aliphatic carbocycles. The van der Waals surface area contributed by atoms with E-state index < -0.39 is 22.2 Å². The molecule has 7 nitrogen and oxygen atoms in total. The van der Waals surface area contributed by atoms with E-state index in [1.165, 1.54) is 11.1 Å². The molecule has 5 rings (SSSR count). The first kappa shape index (κ1) is 31.6. The lowest BCUT2D eigenvalue weighted by molar-refractivity contribution is -0.192. The van der Waals surface area contributed by atoms with Crippen molar-refractivity contribution in [1.29, 1.82) is 0 Å². The largest absolute Gasteiger partial charge is 0.490 e. The van der Waals surface area contributed by atoms with Crippen LogP contribution in [0.2, 0.25) is 0 Å². The first-order valence-electron chi connectivity index (χ1n) is 13.0. The van der Waals surface area contributed by atoms with Crippen molar-refractivity contribution >= 4 is 43.2 Å². The summed E-state index contributed by atoms with van der Waals surface area (Å²) < 4.78 is 61.5. The van der Waals surface area contributed by atoms with Crippen LogP contribution in [0, 0.1) is 13.8 Å². The van der Waals surface area contributed by atoms with Crippen molar-refractivity contribution in [3.63, 3.8) is 0 Å². The first-order chi connectivity index (χ1) is 20.2. The Kier molecular flexibility index (Phi) is 9.21. The van der Waals surface area contributed by atoms with Crippen LogP contribution >= 0.6 is 11.3 Å². The average molecular weight is 628 g/mol. The lowest BCUT2D eigenvalue weighted by atomic mass is 9.96. The number of aromatic nitrogens is 2. The summed E-state index contributed by atoms with van der Waals surface area (Å²) in [6.07, 6.45) is -3.68. The van der Waals surface area contributed by atoms with Gasteiger partial charge < -0.3 is 5.11 Å². The molecule has 0 radical (unpaired) electrons. The van der Waals surface area contributed by atoms with Crippen LogP contribution in [0.3, 0.4) is 0 Å². The number of hydrogen-bond acceptors (Lipinski definition) is 6. The molecule has 0 amide bonds. The Hall–Kier alpha value is -4.29. The van der Waals surface area contributed by atoms with Crippen LogP contribution in [0.25, 0.3) is 32.6 Å². The number of pyridine rings is 2. The minimum Gasteiger partial charge on any atom is -0.475 e. The maximum Gasteiger partial charge on any atom is 0.490 e. The van der Waals surface area contributed by atoms with Crippen LogP contribution in [-0.4, -0.2) is 35.6 Å². The third-order valence-electron chi connectivity index (χ3n) is 6.25. The number of benzene rings is 2. The van der Waals surface area contributed by atoms with Gasteiger partial charge in [-0.2, -0.15) is 13.2 Å². The molecule has 0 bridgehead atoms. The van der Waals surface area contributed by atoms with E-state index in [-0.39, 0.29) is 10.8 Å². The number of alkyl halides is 3. The SMILES string of the molecule is Cc1cccc(-c2c(C(C)C)sc3nc(C)cc(NS(=O)(=O)c4ccc(-c5ccccc5)nc4)c23)c1.O=C(O)C(F)(F)F. The van der Waals surface area contributed by atoms with Crippen LogP contribution in [-0.2, 0) is 14.8 Å². The molecule has 43 heavy (non-hydrogen) atoms. The van der Waals surface area contributed by atoms with E-state index in [0.717, 1.165) is 43.9 Å². The van der Waals surface area contributed by atoms with Crippen molar-refractivity contribution in [2.45, 2.75) is 44.7 Å². The number of carbonyl (C=O) groups is 1. The number of sulfonamides is 1. The monoisotopic (exact) mass is 627 g/mol. The molecule has 0 unspecified atom stereocenters. The first-order valence-corrected chi connectivity index (χ1v) is 15.3. The Balaban J connectivity index is 0.000000541. The number of aryl methyl sites for hydroxylation is 2. The summed E-state index contributed by atoms with van der Waals surface area (Å²) in [6, 6.07) is 23.1. The van der Waals surface area contributed by atoms with Gasteiger partial charge in [-0.3, -0.25) is 9.71 Å². The molecule has 0 aliphatic heterocycles. The highest BCUT2D eigenvalue weighted by Crippen LogP contribution is 2.45. The second-order valence-corrected chi connectivity index (χ2v) is 12.7. The Bertz CT molecular complexity index is 1870. The molecule has 2 N–H and O–H groups in total. The van der Waals surface area contributed by atoms with Gasteiger partial charge in [-0.05, 0) is 43.5 Å². The maximum atomic E-state index is 13.5. The summed E-state index contributed by atoms with van der Waals surface area (Å²) in [4.78, 5) is 20.2. The number of nitrogens with one attached hydrogen (secondary N) is 1. The molecule has 0 fully saturated rings. The molecule has 3 aromatic heterocycles. The number of carboxylic acid groups (broad SMARTS) is 1. The fourth-order valence-corrected chi connectivity index (χ4v) is 6.61. The van der Waals surface area contributed by atoms with E-state index in [1.807, 2.05) is 49.4 Å². The van der Waals surface area contributed by atoms with E-state index in [0.29, 0.717) is 5.69 Å². The molecule has 224 valence electrons. The molecule has 0 aliphatic rings. The predicted molar refractivity (Wildman–Crippen MR) is 163 cm³/mol. The van der Waals surface area contributed by atoms with Gasteiger partial charge in [0.15, 0.2) is 0 Å². The maximum absolute atomic E-state index is 13.5. The number of halogens is 3. The highest BCUT2D eigenvalue weighted by Gasteiger charge is 2.38. The number of aliphatic carboxylic acids is 1. The van der Waals surface area contributed by atoms with Crippen LogP contribution in [0.15, 0.2) is 83.9 Å². The van der Waals surface area contributed by atoms with Gasteiger partial charge >= 0.3 is 12.1 Å². The van der Waals surface area contributed by atoms with Crippen LogP contribution < -0.4 is 4.72 Å². The summed E-state index contributed by atoms with van der Waals surface area (Å²) in [5.41, 5.74) is 6.19. The molecule has 0 saturated carbocycles. The number of fused-ring (bicyclic) bond motifs is 1. The zero-order valence-electron chi connectivity index (χ0n) is 23.6. The number of hydrogen-bond donors (Lipinski definition) is 2. The third kappa shape index (κ3) is 7.38. The Morgan fingerprint density at radius 1 is 0.953 bits per heavy atom. The molecule has 0 spiro atoms. The van der Waals surface area contributed by atoms with Gasteiger partial charge in [0.05, 0.1) is 11.4 Å². The molecule has 3 heterocycles. The van der Waals surface area contributed by atoms with Crippen molar-refractivity contribution in [2.24, 2.45) is 0 Å². The fourth-order valence-electron chi connectivity index (χ4n) is 4.34. The number of thiophene rings is 1. The van der Waals surface area contributed by atoms with Crippen molar-refractivity contribution in [1.82, 2.24) is 9.97 Å². The zero-order valence-corrected chi connectivity index (χ0v) is 25.2. The normalized spacial score (nSPS) is 11.7. The number of anilines is 1. The van der Waals surface area contributed by atoms with Gasteiger partial charge in [-0.1, -0.05) is 74.0 Å². The highest BCUT2D eigenvalue weighted by molar-refractivity contribution is 7.92. The smallest absolute Gasteiger partial charge is 0.475 e. The van der Waals surface area contributed by atoms with Crippen molar-refractivity contribution < 1.29 is 31.5 Å². The van der Waals surface area contributed by atoms with E-state index in [1.54, 1.807) is 23.5 Å².